The van der Waals surface area contributed by atoms with Crippen molar-refractivity contribution >= 4 is 53.9 Å². The molecule has 0 unspecified atom stereocenters. The van der Waals surface area contributed by atoms with Gasteiger partial charge in [-0.05, 0) is 0 Å². The van der Waals surface area contributed by atoms with Gasteiger partial charge in [-0.3, -0.25) is 4.99 Å². The molecule has 4 nitrogen and oxygen atoms in total. The first-order valence-electron chi connectivity index (χ1n) is 1.93. The van der Waals surface area contributed by atoms with Crippen LogP contribution in [0.3, 0.4) is 0 Å². The Kier molecular flexibility index (Phi) is 20.9. The number of rotatable bonds is 2. The number of aliphatic hydroxyl groups excluding tert-OH is 1. The van der Waals surface area contributed by atoms with E-state index in [1.165, 1.54) is 0 Å². The molecule has 9 heavy (non-hydrogen) atoms. The highest BCUT2D eigenvalue weighted by Crippen LogP contribution is 1.61. The van der Waals surface area contributed by atoms with Gasteiger partial charge in [-0.25, -0.2) is 0 Å². The van der Waals surface area contributed by atoms with E-state index < -0.39 is 0 Å². The molecule has 0 spiro atoms. The van der Waals surface area contributed by atoms with E-state index in [0.29, 0.717) is 6.54 Å². The van der Waals surface area contributed by atoms with Crippen LogP contribution >= 0.6 is 48.0 Å². The Balaban J connectivity index is -0.000000180. The first-order chi connectivity index (χ1) is 3.27. The normalized spacial score (nSPS) is 6.33. The van der Waals surface area contributed by atoms with Crippen molar-refractivity contribution < 1.29 is 5.11 Å². The summed E-state index contributed by atoms with van der Waals surface area (Å²) in [5.41, 5.74) is 9.79. The summed E-state index contributed by atoms with van der Waals surface area (Å²) >= 11 is 0. The number of guanidine groups is 1. The van der Waals surface area contributed by atoms with Crippen LogP contribution in [-0.2, 0) is 0 Å². The summed E-state index contributed by atoms with van der Waals surface area (Å²) in [6.07, 6.45) is 0. The Hall–Kier alpha value is 0.690. The van der Waals surface area contributed by atoms with E-state index in [4.69, 9.17) is 16.6 Å². The highest BCUT2D eigenvalue weighted by Gasteiger charge is 1.75. The Labute approximate surface area is 88.1 Å². The predicted molar refractivity (Wildman–Crippen MR) is 58.6 cm³/mol. The van der Waals surface area contributed by atoms with E-state index in [1.54, 1.807) is 0 Å². The molecule has 0 aromatic carbocycles. The first kappa shape index (κ1) is 16.3. The minimum Gasteiger partial charge on any atom is -0.394 e. The fraction of sp³-hybridized carbons (Fsp3) is 0.667. The zero-order valence-electron chi connectivity index (χ0n) is 4.78. The van der Waals surface area contributed by atoms with Crippen molar-refractivity contribution in [2.24, 2.45) is 16.5 Å². The van der Waals surface area contributed by atoms with Gasteiger partial charge >= 0.3 is 0 Å². The molecule has 0 aliphatic heterocycles. The number of halogens is 2. The molecule has 0 aromatic heterocycles. The molecule has 0 aliphatic carbocycles. The zero-order chi connectivity index (χ0) is 5.70. The number of nitrogens with two attached hydrogens (primary N) is 2. The zero-order valence-corrected chi connectivity index (χ0v) is 9.44. The van der Waals surface area contributed by atoms with Crippen molar-refractivity contribution in [3.05, 3.63) is 0 Å². The number of aliphatic hydroxyl groups is 1. The molecule has 0 saturated heterocycles. The second-order valence-electron chi connectivity index (χ2n) is 1.03. The van der Waals surface area contributed by atoms with Gasteiger partial charge in [-0.15, -0.1) is 48.0 Å². The molecule has 5 N–H and O–H groups in total. The minimum atomic E-state index is -0.00208. The summed E-state index contributed by atoms with van der Waals surface area (Å²) in [5, 5.41) is 8.10. The second-order valence-corrected chi connectivity index (χ2v) is 1.03. The summed E-state index contributed by atoms with van der Waals surface area (Å²) in [6, 6.07) is 0. The van der Waals surface area contributed by atoms with Crippen molar-refractivity contribution in [3.63, 3.8) is 0 Å². The highest BCUT2D eigenvalue weighted by molar-refractivity contribution is 14.0. The predicted octanol–water partition coefficient (Wildman–Crippen LogP) is -0.512. The lowest BCUT2D eigenvalue weighted by Gasteiger charge is -1.86. The third kappa shape index (κ3) is 17.7. The van der Waals surface area contributed by atoms with Crippen molar-refractivity contribution in [1.29, 1.82) is 0 Å². The molecule has 0 heterocycles. The summed E-state index contributed by atoms with van der Waals surface area (Å²) in [7, 11) is 0. The fourth-order valence-electron chi connectivity index (χ4n) is 0.179. The largest absolute Gasteiger partial charge is 0.394 e. The SMILES string of the molecule is I.I.NC(N)=NCCO. The standard InChI is InChI=1S/C3H9N3O.2HI/c4-3(5)6-1-2-7;;/h7H,1-2H2,(H4,4,5,6);2*1H. The Bertz CT molecular complexity index is 73.5. The summed E-state index contributed by atoms with van der Waals surface area (Å²) in [4.78, 5) is 3.47. The quantitative estimate of drug-likeness (QED) is 0.353. The molecule has 6 heteroatoms. The lowest BCUT2D eigenvalue weighted by atomic mass is 10.7. The Morgan fingerprint density at radius 1 is 1.33 bits per heavy atom. The van der Waals surface area contributed by atoms with Crippen molar-refractivity contribution in [3.8, 4) is 0 Å². The van der Waals surface area contributed by atoms with Gasteiger partial charge in [0.15, 0.2) is 5.96 Å². The van der Waals surface area contributed by atoms with Crippen molar-refractivity contribution in [2.75, 3.05) is 13.2 Å². The summed E-state index contributed by atoms with van der Waals surface area (Å²) < 4.78 is 0. The monoisotopic (exact) mass is 359 g/mol. The molecule has 0 rings (SSSR count). The van der Waals surface area contributed by atoms with E-state index in [9.17, 15) is 0 Å². The van der Waals surface area contributed by atoms with E-state index in [-0.39, 0.29) is 60.5 Å². The lowest BCUT2D eigenvalue weighted by molar-refractivity contribution is 0.307. The van der Waals surface area contributed by atoms with E-state index in [1.807, 2.05) is 0 Å². The van der Waals surface area contributed by atoms with E-state index in [0.717, 1.165) is 0 Å². The molecule has 58 valence electrons. The second kappa shape index (κ2) is 11.5. The van der Waals surface area contributed by atoms with Crippen LogP contribution in [0.25, 0.3) is 0 Å². The number of nitrogens with zero attached hydrogens (tertiary/aromatic N) is 1. The van der Waals surface area contributed by atoms with Gasteiger partial charge in [-0.1, -0.05) is 0 Å². The van der Waals surface area contributed by atoms with Gasteiger partial charge in [0.1, 0.15) is 0 Å². The molecular formula is C3H11I2N3O. The van der Waals surface area contributed by atoms with Crippen LogP contribution in [0.5, 0.6) is 0 Å². The van der Waals surface area contributed by atoms with Gasteiger partial charge < -0.3 is 16.6 Å². The molecule has 0 bridgehead atoms. The maximum atomic E-state index is 8.10. The molecule has 0 aromatic rings. The van der Waals surface area contributed by atoms with Crippen LogP contribution < -0.4 is 11.5 Å². The maximum absolute atomic E-state index is 8.10. The first-order valence-corrected chi connectivity index (χ1v) is 1.93. The van der Waals surface area contributed by atoms with Gasteiger partial charge in [0.2, 0.25) is 0 Å². The summed E-state index contributed by atoms with van der Waals surface area (Å²) in [6.45, 7) is 0.292. The van der Waals surface area contributed by atoms with E-state index in [2.05, 4.69) is 4.99 Å². The molecule has 0 saturated carbocycles. The van der Waals surface area contributed by atoms with Crippen molar-refractivity contribution in [2.45, 2.75) is 0 Å². The summed E-state index contributed by atoms with van der Waals surface area (Å²) in [5.74, 6) is 0.0223. The van der Waals surface area contributed by atoms with Gasteiger partial charge in [0.05, 0.1) is 13.2 Å². The van der Waals surface area contributed by atoms with Crippen LogP contribution in [0.2, 0.25) is 0 Å². The smallest absolute Gasteiger partial charge is 0.185 e. The number of hydrogen-bond donors (Lipinski definition) is 3. The topological polar surface area (TPSA) is 84.6 Å². The number of aliphatic imine (C=N–C) groups is 1. The average molecular weight is 359 g/mol. The number of hydrogen-bond acceptors (Lipinski definition) is 2. The van der Waals surface area contributed by atoms with Gasteiger partial charge in [0.25, 0.3) is 0 Å². The Morgan fingerprint density at radius 2 is 1.78 bits per heavy atom. The van der Waals surface area contributed by atoms with Crippen LogP contribution in [0.15, 0.2) is 4.99 Å². The Morgan fingerprint density at radius 3 is 1.89 bits per heavy atom. The van der Waals surface area contributed by atoms with Crippen LogP contribution in [0.4, 0.5) is 0 Å². The maximum Gasteiger partial charge on any atom is 0.185 e. The third-order valence-electron chi connectivity index (χ3n) is 0.394. The van der Waals surface area contributed by atoms with Crippen LogP contribution in [-0.4, -0.2) is 24.2 Å². The fourth-order valence-corrected chi connectivity index (χ4v) is 0.179. The highest BCUT2D eigenvalue weighted by atomic mass is 127. The van der Waals surface area contributed by atoms with Crippen LogP contribution in [0, 0.1) is 0 Å². The average Bonchev–Trinajstić information content (AvgIpc) is 1.61. The van der Waals surface area contributed by atoms with Gasteiger partial charge in [0, 0.05) is 0 Å². The van der Waals surface area contributed by atoms with Crippen molar-refractivity contribution in [1.82, 2.24) is 0 Å². The van der Waals surface area contributed by atoms with E-state index >= 15 is 0 Å². The molecule has 0 amide bonds. The molecular weight excluding hydrogens is 348 g/mol. The minimum absolute atomic E-state index is 0. The van der Waals surface area contributed by atoms with Crippen LogP contribution in [0.1, 0.15) is 0 Å². The molecule has 0 radical (unpaired) electrons. The molecule has 0 fully saturated rings. The lowest BCUT2D eigenvalue weighted by Crippen LogP contribution is -2.23. The molecule has 0 aliphatic rings. The molecule has 0 atom stereocenters. The third-order valence-corrected chi connectivity index (χ3v) is 0.394. The van der Waals surface area contributed by atoms with Gasteiger partial charge in [-0.2, -0.15) is 0 Å².